The Hall–Kier alpha value is -2.00. The molecule has 84 valence electrons. The van der Waals surface area contributed by atoms with Gasteiger partial charge in [-0.1, -0.05) is 17.7 Å². The number of hydrogen-bond acceptors (Lipinski definition) is 1. The van der Waals surface area contributed by atoms with Gasteiger partial charge < -0.3 is 4.98 Å². The Bertz CT molecular complexity index is 665. The van der Waals surface area contributed by atoms with Crippen LogP contribution >= 0.6 is 11.6 Å². The van der Waals surface area contributed by atoms with Gasteiger partial charge in [-0.15, -0.1) is 0 Å². The van der Waals surface area contributed by atoms with Crippen LogP contribution in [0.5, 0.6) is 0 Å². The van der Waals surface area contributed by atoms with E-state index in [1.165, 1.54) is 0 Å². The molecule has 0 bridgehead atoms. The van der Waals surface area contributed by atoms with E-state index in [2.05, 4.69) is 15.2 Å². The number of nitrogens with zero attached hydrogens (tertiary/aromatic N) is 1. The highest BCUT2D eigenvalue weighted by molar-refractivity contribution is 6.31. The topological polar surface area (TPSA) is 44.5 Å². The molecule has 0 radical (unpaired) electrons. The molecule has 0 unspecified atom stereocenters. The maximum atomic E-state index is 5.99. The first-order valence-electron chi connectivity index (χ1n) is 5.27. The molecule has 0 spiro atoms. The molecule has 0 fully saturated rings. The van der Waals surface area contributed by atoms with Crippen molar-refractivity contribution in [2.45, 2.75) is 0 Å². The van der Waals surface area contributed by atoms with Crippen molar-refractivity contribution >= 4 is 34.7 Å². The molecule has 0 atom stereocenters. The second-order valence-electron chi connectivity index (χ2n) is 3.78. The smallest absolute Gasteiger partial charge is 0.0578 e. The van der Waals surface area contributed by atoms with E-state index < -0.39 is 0 Å². The standard InChI is InChI=1S/C13H10ClN3/c14-10-2-4-13-12(7-10)9(8-15-13)1-3-11-5-6-16-17-11/h1-8,15H,(H,16,17). The zero-order valence-corrected chi connectivity index (χ0v) is 9.70. The van der Waals surface area contributed by atoms with Crippen LogP contribution in [0, 0.1) is 0 Å². The van der Waals surface area contributed by atoms with Gasteiger partial charge in [-0.3, -0.25) is 5.10 Å². The lowest BCUT2D eigenvalue weighted by atomic mass is 10.1. The molecule has 0 saturated heterocycles. The zero-order chi connectivity index (χ0) is 11.7. The molecule has 2 heterocycles. The molecule has 4 heteroatoms. The average Bonchev–Trinajstić information content (AvgIpc) is 2.94. The van der Waals surface area contributed by atoms with Crippen molar-refractivity contribution in [3.63, 3.8) is 0 Å². The van der Waals surface area contributed by atoms with E-state index in [9.17, 15) is 0 Å². The minimum atomic E-state index is 0.744. The molecule has 2 aromatic heterocycles. The largest absolute Gasteiger partial charge is 0.361 e. The quantitative estimate of drug-likeness (QED) is 0.708. The van der Waals surface area contributed by atoms with Crippen molar-refractivity contribution < 1.29 is 0 Å². The van der Waals surface area contributed by atoms with Crippen molar-refractivity contribution in [3.05, 3.63) is 52.9 Å². The SMILES string of the molecule is Clc1ccc2[nH]cc(C=Cc3ccn[nH]3)c2c1. The van der Waals surface area contributed by atoms with E-state index in [4.69, 9.17) is 11.6 Å². The number of nitrogens with one attached hydrogen (secondary N) is 2. The van der Waals surface area contributed by atoms with E-state index in [0.29, 0.717) is 0 Å². The summed E-state index contributed by atoms with van der Waals surface area (Å²) >= 11 is 5.99. The first-order chi connectivity index (χ1) is 8.33. The minimum Gasteiger partial charge on any atom is -0.361 e. The number of hydrogen-bond donors (Lipinski definition) is 2. The number of benzene rings is 1. The molecule has 3 nitrogen and oxygen atoms in total. The van der Waals surface area contributed by atoms with E-state index in [0.717, 1.165) is 27.2 Å². The van der Waals surface area contributed by atoms with Gasteiger partial charge in [0.2, 0.25) is 0 Å². The molecule has 3 rings (SSSR count). The number of fused-ring (bicyclic) bond motifs is 1. The van der Waals surface area contributed by atoms with E-state index in [1.807, 2.05) is 42.6 Å². The number of rotatable bonds is 2. The van der Waals surface area contributed by atoms with Crippen LogP contribution in [-0.4, -0.2) is 15.2 Å². The number of aromatic amines is 2. The fourth-order valence-corrected chi connectivity index (χ4v) is 1.96. The molecular weight excluding hydrogens is 234 g/mol. The van der Waals surface area contributed by atoms with E-state index in [-0.39, 0.29) is 0 Å². The second-order valence-corrected chi connectivity index (χ2v) is 4.22. The summed E-state index contributed by atoms with van der Waals surface area (Å²) in [5, 5.41) is 8.64. The summed E-state index contributed by atoms with van der Waals surface area (Å²) < 4.78 is 0. The summed E-state index contributed by atoms with van der Waals surface area (Å²) in [6, 6.07) is 7.73. The third-order valence-corrected chi connectivity index (χ3v) is 2.88. The summed E-state index contributed by atoms with van der Waals surface area (Å²) in [6.45, 7) is 0. The van der Waals surface area contributed by atoms with Crippen LogP contribution in [0.4, 0.5) is 0 Å². The highest BCUT2D eigenvalue weighted by Crippen LogP contribution is 2.23. The summed E-state index contributed by atoms with van der Waals surface area (Å²) in [5.74, 6) is 0. The van der Waals surface area contributed by atoms with Crippen LogP contribution in [0.15, 0.2) is 36.7 Å². The fourth-order valence-electron chi connectivity index (χ4n) is 1.79. The highest BCUT2D eigenvalue weighted by Gasteiger charge is 2.01. The number of halogens is 1. The molecule has 17 heavy (non-hydrogen) atoms. The monoisotopic (exact) mass is 243 g/mol. The lowest BCUT2D eigenvalue weighted by molar-refractivity contribution is 1.08. The molecule has 0 saturated carbocycles. The summed E-state index contributed by atoms with van der Waals surface area (Å²) in [6.07, 6.45) is 7.71. The van der Waals surface area contributed by atoms with Crippen molar-refractivity contribution in [2.24, 2.45) is 0 Å². The van der Waals surface area contributed by atoms with Crippen LogP contribution in [-0.2, 0) is 0 Å². The van der Waals surface area contributed by atoms with Gasteiger partial charge in [0.1, 0.15) is 0 Å². The van der Waals surface area contributed by atoms with Gasteiger partial charge in [0.15, 0.2) is 0 Å². The lowest BCUT2D eigenvalue weighted by Gasteiger charge is -1.93. The zero-order valence-electron chi connectivity index (χ0n) is 8.94. The molecule has 1 aromatic carbocycles. The Morgan fingerprint density at radius 1 is 1.18 bits per heavy atom. The van der Waals surface area contributed by atoms with Crippen molar-refractivity contribution in [2.75, 3.05) is 0 Å². The highest BCUT2D eigenvalue weighted by atomic mass is 35.5. The molecule has 0 aliphatic heterocycles. The Balaban J connectivity index is 2.03. The number of aromatic nitrogens is 3. The van der Waals surface area contributed by atoms with E-state index >= 15 is 0 Å². The predicted molar refractivity (Wildman–Crippen MR) is 70.8 cm³/mol. The normalized spacial score (nSPS) is 11.6. The van der Waals surface area contributed by atoms with Gasteiger partial charge in [0.05, 0.1) is 5.69 Å². The molecule has 0 aliphatic rings. The maximum absolute atomic E-state index is 5.99. The summed E-state index contributed by atoms with van der Waals surface area (Å²) in [7, 11) is 0. The third kappa shape index (κ3) is 1.97. The Kier molecular flexibility index (Phi) is 2.46. The van der Waals surface area contributed by atoms with Crippen molar-refractivity contribution in [1.82, 2.24) is 15.2 Å². The van der Waals surface area contributed by atoms with Crippen LogP contribution in [0.1, 0.15) is 11.3 Å². The number of H-pyrrole nitrogens is 2. The average molecular weight is 244 g/mol. The summed E-state index contributed by atoms with van der Waals surface area (Å²) in [5.41, 5.74) is 3.16. The molecule has 3 aromatic rings. The first-order valence-corrected chi connectivity index (χ1v) is 5.65. The van der Waals surface area contributed by atoms with Gasteiger partial charge in [-0.25, -0.2) is 0 Å². The minimum absolute atomic E-state index is 0.744. The fraction of sp³-hybridized carbons (Fsp3) is 0. The lowest BCUT2D eigenvalue weighted by Crippen LogP contribution is -1.72. The Labute approximate surface area is 103 Å². The van der Waals surface area contributed by atoms with Crippen molar-refractivity contribution in [3.8, 4) is 0 Å². The molecular formula is C13H10ClN3. The van der Waals surface area contributed by atoms with Crippen LogP contribution in [0.2, 0.25) is 5.02 Å². The van der Waals surface area contributed by atoms with Gasteiger partial charge in [-0.05, 0) is 35.9 Å². The predicted octanol–water partition coefficient (Wildman–Crippen LogP) is 3.71. The van der Waals surface area contributed by atoms with Crippen LogP contribution in [0.3, 0.4) is 0 Å². The maximum Gasteiger partial charge on any atom is 0.0578 e. The van der Waals surface area contributed by atoms with Gasteiger partial charge >= 0.3 is 0 Å². The van der Waals surface area contributed by atoms with Crippen LogP contribution in [0.25, 0.3) is 23.1 Å². The van der Waals surface area contributed by atoms with Gasteiger partial charge in [0, 0.05) is 28.3 Å². The van der Waals surface area contributed by atoms with Gasteiger partial charge in [-0.2, -0.15) is 5.10 Å². The Morgan fingerprint density at radius 2 is 2.12 bits per heavy atom. The van der Waals surface area contributed by atoms with Gasteiger partial charge in [0.25, 0.3) is 0 Å². The summed E-state index contributed by atoms with van der Waals surface area (Å²) in [4.78, 5) is 3.21. The second kappa shape index (κ2) is 4.11. The third-order valence-electron chi connectivity index (χ3n) is 2.64. The van der Waals surface area contributed by atoms with Crippen LogP contribution < -0.4 is 0 Å². The molecule has 0 aliphatic carbocycles. The van der Waals surface area contributed by atoms with E-state index in [1.54, 1.807) is 6.20 Å². The van der Waals surface area contributed by atoms with Crippen molar-refractivity contribution in [1.29, 1.82) is 0 Å². The molecule has 0 amide bonds. The first kappa shape index (κ1) is 10.2. The Morgan fingerprint density at radius 3 is 2.94 bits per heavy atom. The molecule has 2 N–H and O–H groups in total.